The Labute approximate surface area is 144 Å². The Balaban J connectivity index is 2.03. The van der Waals surface area contributed by atoms with Gasteiger partial charge in [-0.3, -0.25) is 5.10 Å². The highest BCUT2D eigenvalue weighted by Crippen LogP contribution is 2.42. The summed E-state index contributed by atoms with van der Waals surface area (Å²) in [6.45, 7) is 1.34. The van der Waals surface area contributed by atoms with E-state index >= 15 is 0 Å². The average molecular weight is 363 g/mol. The molecule has 3 aromatic heterocycles. The van der Waals surface area contributed by atoms with E-state index < -0.39 is 17.6 Å². The lowest BCUT2D eigenvalue weighted by Crippen LogP contribution is -2.11. The summed E-state index contributed by atoms with van der Waals surface area (Å²) in [5, 5.41) is 13.4. The Morgan fingerprint density at radius 2 is 2.00 bits per heavy atom. The van der Waals surface area contributed by atoms with E-state index in [-0.39, 0.29) is 16.5 Å². The van der Waals surface area contributed by atoms with Crippen molar-refractivity contribution >= 4 is 22.2 Å². The molecule has 134 valence electrons. The average Bonchev–Trinajstić information content (AvgIpc) is 3.20. The molecule has 0 saturated heterocycles. The lowest BCUT2D eigenvalue weighted by molar-refractivity contribution is -0.138. The van der Waals surface area contributed by atoms with Gasteiger partial charge >= 0.3 is 6.18 Å². The summed E-state index contributed by atoms with van der Waals surface area (Å²) in [6, 6.07) is 5.21. The van der Waals surface area contributed by atoms with E-state index in [1.165, 1.54) is 13.1 Å². The highest BCUT2D eigenvalue weighted by Gasteiger charge is 2.39. The van der Waals surface area contributed by atoms with Crippen LogP contribution in [0.15, 0.2) is 30.6 Å². The monoisotopic (exact) mass is 363 g/mol. The summed E-state index contributed by atoms with van der Waals surface area (Å²) in [5.41, 5.74) is -0.0910. The van der Waals surface area contributed by atoms with Crippen molar-refractivity contribution in [2.75, 3.05) is 12.4 Å². The van der Waals surface area contributed by atoms with Gasteiger partial charge in [0.2, 0.25) is 0 Å². The van der Waals surface area contributed by atoms with Gasteiger partial charge in [0.1, 0.15) is 17.2 Å². The molecule has 0 saturated carbocycles. The van der Waals surface area contributed by atoms with E-state index in [1.807, 2.05) is 0 Å². The van der Waals surface area contributed by atoms with Gasteiger partial charge < -0.3 is 5.32 Å². The van der Waals surface area contributed by atoms with E-state index in [0.717, 1.165) is 5.52 Å². The maximum atomic E-state index is 14.6. The third kappa shape index (κ3) is 2.31. The summed E-state index contributed by atoms with van der Waals surface area (Å²) in [6.07, 6.45) is -1.87. The van der Waals surface area contributed by atoms with Crippen LogP contribution in [0.1, 0.15) is 11.1 Å². The third-order valence-electron chi connectivity index (χ3n) is 4.37. The molecule has 9 heteroatoms. The molecule has 0 amide bonds. The summed E-state index contributed by atoms with van der Waals surface area (Å²) in [5.74, 6) is -0.653. The van der Waals surface area contributed by atoms with Crippen LogP contribution in [0.5, 0.6) is 0 Å². The Morgan fingerprint density at radius 3 is 2.69 bits per heavy atom. The van der Waals surface area contributed by atoms with Crippen molar-refractivity contribution in [1.82, 2.24) is 19.8 Å². The zero-order valence-corrected chi connectivity index (χ0v) is 13.7. The Bertz CT molecular complexity index is 1140. The summed E-state index contributed by atoms with van der Waals surface area (Å²) < 4.78 is 56.2. The van der Waals surface area contributed by atoms with E-state index in [2.05, 4.69) is 20.6 Å². The first-order chi connectivity index (χ1) is 12.3. The van der Waals surface area contributed by atoms with Gasteiger partial charge in [-0.15, -0.1) is 0 Å². The minimum absolute atomic E-state index is 0.0797. The van der Waals surface area contributed by atoms with Gasteiger partial charge in [0.15, 0.2) is 0 Å². The molecule has 0 unspecified atom stereocenters. The van der Waals surface area contributed by atoms with Gasteiger partial charge in [0.05, 0.1) is 17.2 Å². The number of anilines is 1. The van der Waals surface area contributed by atoms with E-state index in [4.69, 9.17) is 0 Å². The fourth-order valence-corrected chi connectivity index (χ4v) is 3.19. The summed E-state index contributed by atoms with van der Waals surface area (Å²) >= 11 is 0. The van der Waals surface area contributed by atoms with Gasteiger partial charge in [-0.1, -0.05) is 0 Å². The van der Waals surface area contributed by atoms with Crippen molar-refractivity contribution < 1.29 is 17.6 Å². The van der Waals surface area contributed by atoms with Crippen LogP contribution in [0.3, 0.4) is 0 Å². The van der Waals surface area contributed by atoms with E-state index in [0.29, 0.717) is 16.9 Å². The van der Waals surface area contributed by atoms with Gasteiger partial charge in [-0.05, 0) is 35.7 Å². The highest BCUT2D eigenvalue weighted by atomic mass is 19.4. The Morgan fingerprint density at radius 1 is 1.23 bits per heavy atom. The van der Waals surface area contributed by atoms with Crippen LogP contribution in [-0.4, -0.2) is 26.9 Å². The van der Waals surface area contributed by atoms with Crippen LogP contribution in [0.2, 0.25) is 0 Å². The zero-order valence-electron chi connectivity index (χ0n) is 13.7. The predicted molar refractivity (Wildman–Crippen MR) is 89.5 cm³/mol. The third-order valence-corrected chi connectivity index (χ3v) is 4.37. The minimum atomic E-state index is -4.82. The second-order valence-electron chi connectivity index (χ2n) is 5.91. The molecule has 0 bridgehead atoms. The zero-order chi connectivity index (χ0) is 18.6. The van der Waals surface area contributed by atoms with Gasteiger partial charge in [-0.25, -0.2) is 8.91 Å². The molecule has 0 fully saturated rings. The van der Waals surface area contributed by atoms with Crippen LogP contribution >= 0.6 is 0 Å². The maximum Gasteiger partial charge on any atom is 0.421 e. The Hall–Kier alpha value is -3.10. The van der Waals surface area contributed by atoms with Crippen molar-refractivity contribution in [3.8, 4) is 11.1 Å². The highest BCUT2D eigenvalue weighted by molar-refractivity contribution is 5.98. The molecule has 0 spiro atoms. The number of aromatic amines is 1. The number of aromatic nitrogens is 4. The quantitative estimate of drug-likeness (QED) is 0.520. The minimum Gasteiger partial charge on any atom is -0.372 e. The number of pyridine rings is 1. The van der Waals surface area contributed by atoms with E-state index in [1.54, 1.807) is 36.0 Å². The van der Waals surface area contributed by atoms with Crippen molar-refractivity contribution in [3.63, 3.8) is 0 Å². The molecule has 4 rings (SSSR count). The molecule has 3 heterocycles. The maximum absolute atomic E-state index is 14.6. The normalized spacial score (nSPS) is 12.2. The number of hydrogen-bond acceptors (Lipinski definition) is 3. The van der Waals surface area contributed by atoms with Crippen molar-refractivity contribution in [2.24, 2.45) is 0 Å². The molecule has 0 aliphatic rings. The number of nitrogens with zero attached hydrogens (tertiary/aromatic N) is 3. The molecule has 1 aromatic carbocycles. The molecular weight excluding hydrogens is 350 g/mol. The molecule has 5 nitrogen and oxygen atoms in total. The number of H-pyrrole nitrogens is 1. The molecule has 0 aliphatic carbocycles. The lowest BCUT2D eigenvalue weighted by atomic mass is 9.93. The number of fused-ring (bicyclic) bond motifs is 2. The van der Waals surface area contributed by atoms with Gasteiger partial charge in [0.25, 0.3) is 0 Å². The fraction of sp³-hybridized carbons (Fsp3) is 0.176. The predicted octanol–water partition coefficient (Wildman–Crippen LogP) is 4.39. The van der Waals surface area contributed by atoms with Crippen molar-refractivity contribution in [1.29, 1.82) is 0 Å². The number of halogens is 4. The molecule has 4 aromatic rings. The smallest absolute Gasteiger partial charge is 0.372 e. The first kappa shape index (κ1) is 16.4. The van der Waals surface area contributed by atoms with Crippen molar-refractivity contribution in [2.45, 2.75) is 13.1 Å². The van der Waals surface area contributed by atoms with Crippen LogP contribution in [0.4, 0.5) is 23.4 Å². The first-order valence-electron chi connectivity index (χ1n) is 7.71. The number of hydrogen-bond donors (Lipinski definition) is 2. The van der Waals surface area contributed by atoms with Crippen LogP contribution in [0.25, 0.3) is 27.5 Å². The van der Waals surface area contributed by atoms with Gasteiger partial charge in [-0.2, -0.15) is 23.4 Å². The van der Waals surface area contributed by atoms with E-state index in [9.17, 15) is 17.6 Å². The van der Waals surface area contributed by atoms with Crippen LogP contribution in [0, 0.1) is 12.7 Å². The van der Waals surface area contributed by atoms with Crippen molar-refractivity contribution in [3.05, 3.63) is 47.5 Å². The second-order valence-corrected chi connectivity index (χ2v) is 5.91. The second kappa shape index (κ2) is 5.45. The molecule has 2 N–H and O–H groups in total. The molecular formula is C17H13F4N5. The van der Waals surface area contributed by atoms with Crippen LogP contribution in [-0.2, 0) is 6.18 Å². The number of rotatable bonds is 2. The molecule has 26 heavy (non-hydrogen) atoms. The number of benzene rings is 1. The fourth-order valence-electron chi connectivity index (χ4n) is 3.19. The molecule has 0 atom stereocenters. The van der Waals surface area contributed by atoms with Crippen LogP contribution < -0.4 is 5.32 Å². The summed E-state index contributed by atoms with van der Waals surface area (Å²) in [7, 11) is 1.73. The molecule has 0 aliphatic heterocycles. The largest absolute Gasteiger partial charge is 0.421 e. The Kier molecular flexibility index (Phi) is 3.43. The summed E-state index contributed by atoms with van der Waals surface area (Å²) in [4.78, 5) is 0. The standard InChI is InChI=1S/C17H13F4N5/c1-8-13(9-3-4-26-10(5-9)6-12(22-2)25-26)11-7-23-24-16(11)14(15(8)18)17(19,20)21/h3-7H,1-2H3,(H,22,25)(H,23,24). The lowest BCUT2D eigenvalue weighted by Gasteiger charge is -2.15. The first-order valence-corrected chi connectivity index (χ1v) is 7.71. The SMILES string of the molecule is CNc1cc2cc(-c3c(C)c(F)c(C(F)(F)F)c4[nH]ncc34)ccn2n1. The van der Waals surface area contributed by atoms with Gasteiger partial charge in [0, 0.05) is 24.7 Å². The number of alkyl halides is 3. The topological polar surface area (TPSA) is 58.0 Å². The number of nitrogens with one attached hydrogen (secondary N) is 2. The molecule has 0 radical (unpaired) electrons.